The van der Waals surface area contributed by atoms with Gasteiger partial charge in [0.25, 0.3) is 0 Å². The molecule has 0 radical (unpaired) electrons. The topological polar surface area (TPSA) is 68.0 Å². The van der Waals surface area contributed by atoms with Gasteiger partial charge in [0, 0.05) is 13.0 Å². The van der Waals surface area contributed by atoms with E-state index in [2.05, 4.69) is 10.1 Å². The van der Waals surface area contributed by atoms with E-state index in [0.717, 1.165) is 18.7 Å². The maximum atomic E-state index is 10.9. The molecule has 5 nitrogen and oxygen atoms in total. The minimum atomic E-state index is -0.853. The molecule has 1 unspecified atom stereocenters. The van der Waals surface area contributed by atoms with E-state index in [1.807, 2.05) is 0 Å². The zero-order valence-corrected chi connectivity index (χ0v) is 9.68. The van der Waals surface area contributed by atoms with Crippen molar-refractivity contribution in [3.05, 3.63) is 11.6 Å². The lowest BCUT2D eigenvalue weighted by Gasteiger charge is -2.03. The average molecular weight is 223 g/mol. The maximum absolute atomic E-state index is 10.9. The summed E-state index contributed by atoms with van der Waals surface area (Å²) in [5.41, 5.74) is 0. The fourth-order valence-electron chi connectivity index (χ4n) is 2.26. The lowest BCUT2D eigenvalue weighted by Crippen LogP contribution is -2.13. The molecule has 0 aliphatic heterocycles. The standard InChI is InChI=1S/C11H17N3O2/c1-7(11(15)16)10-12-9(13-14(10)2)8-5-3-4-6-8/h7-8H,3-6H2,1-2H3,(H,15,16). The van der Waals surface area contributed by atoms with Crippen molar-refractivity contribution in [1.82, 2.24) is 14.8 Å². The van der Waals surface area contributed by atoms with Crippen LogP contribution >= 0.6 is 0 Å². The van der Waals surface area contributed by atoms with Crippen molar-refractivity contribution in [3.63, 3.8) is 0 Å². The van der Waals surface area contributed by atoms with Crippen LogP contribution in [0.4, 0.5) is 0 Å². The summed E-state index contributed by atoms with van der Waals surface area (Å²) in [6.45, 7) is 1.64. The Morgan fingerprint density at radius 2 is 2.12 bits per heavy atom. The van der Waals surface area contributed by atoms with Gasteiger partial charge in [-0.25, -0.2) is 4.98 Å². The number of carboxylic acid groups (broad SMARTS) is 1. The molecule has 0 amide bonds. The quantitative estimate of drug-likeness (QED) is 0.846. The van der Waals surface area contributed by atoms with Crippen LogP contribution < -0.4 is 0 Å². The zero-order valence-electron chi connectivity index (χ0n) is 9.68. The molecular formula is C11H17N3O2. The smallest absolute Gasteiger partial charge is 0.313 e. The molecule has 0 bridgehead atoms. The number of aryl methyl sites for hydroxylation is 1. The van der Waals surface area contributed by atoms with E-state index in [1.165, 1.54) is 12.8 Å². The van der Waals surface area contributed by atoms with Crippen LogP contribution in [0.2, 0.25) is 0 Å². The van der Waals surface area contributed by atoms with Crippen molar-refractivity contribution in [1.29, 1.82) is 0 Å². The minimum absolute atomic E-state index is 0.431. The third kappa shape index (κ3) is 1.94. The second-order valence-corrected chi connectivity index (χ2v) is 4.49. The summed E-state index contributed by atoms with van der Waals surface area (Å²) in [7, 11) is 1.76. The molecule has 1 saturated carbocycles. The highest BCUT2D eigenvalue weighted by Gasteiger charge is 2.25. The van der Waals surface area contributed by atoms with E-state index < -0.39 is 11.9 Å². The molecule has 0 spiro atoms. The Hall–Kier alpha value is -1.39. The van der Waals surface area contributed by atoms with Gasteiger partial charge >= 0.3 is 5.97 Å². The number of nitrogens with zero attached hydrogens (tertiary/aromatic N) is 3. The van der Waals surface area contributed by atoms with Gasteiger partial charge in [0.1, 0.15) is 11.7 Å². The molecule has 5 heteroatoms. The highest BCUT2D eigenvalue weighted by molar-refractivity contribution is 5.74. The molecule has 88 valence electrons. The van der Waals surface area contributed by atoms with Crippen LogP contribution in [0.3, 0.4) is 0 Å². The third-order valence-electron chi connectivity index (χ3n) is 3.29. The van der Waals surface area contributed by atoms with Gasteiger partial charge in [0.15, 0.2) is 5.82 Å². The molecular weight excluding hydrogens is 206 g/mol. The summed E-state index contributed by atoms with van der Waals surface area (Å²) in [6, 6.07) is 0. The molecule has 1 aromatic heterocycles. The third-order valence-corrected chi connectivity index (χ3v) is 3.29. The van der Waals surface area contributed by atoms with Crippen molar-refractivity contribution in [2.45, 2.75) is 44.4 Å². The van der Waals surface area contributed by atoms with Gasteiger partial charge in [0.2, 0.25) is 0 Å². The van der Waals surface area contributed by atoms with Crippen molar-refractivity contribution in [2.75, 3.05) is 0 Å². The summed E-state index contributed by atoms with van der Waals surface area (Å²) in [5.74, 6) is 0.361. The van der Waals surface area contributed by atoms with Gasteiger partial charge in [-0.15, -0.1) is 0 Å². The molecule has 1 aromatic rings. The van der Waals surface area contributed by atoms with Crippen LogP contribution in [0, 0.1) is 0 Å². The van der Waals surface area contributed by atoms with Crippen LogP contribution in [-0.2, 0) is 11.8 Å². The van der Waals surface area contributed by atoms with Gasteiger partial charge in [0.05, 0.1) is 0 Å². The van der Waals surface area contributed by atoms with Crippen LogP contribution in [0.5, 0.6) is 0 Å². The number of aliphatic carboxylic acids is 1. The lowest BCUT2D eigenvalue weighted by atomic mass is 10.1. The Morgan fingerprint density at radius 3 is 2.69 bits per heavy atom. The first-order valence-corrected chi connectivity index (χ1v) is 5.73. The highest BCUT2D eigenvalue weighted by Crippen LogP contribution is 2.32. The second-order valence-electron chi connectivity index (χ2n) is 4.49. The molecule has 0 saturated heterocycles. The Bertz CT molecular complexity index is 394. The molecule has 1 heterocycles. The van der Waals surface area contributed by atoms with Gasteiger partial charge in [-0.2, -0.15) is 5.10 Å². The number of aromatic nitrogens is 3. The summed E-state index contributed by atoms with van der Waals surface area (Å²) in [5, 5.41) is 13.3. The van der Waals surface area contributed by atoms with E-state index in [9.17, 15) is 4.79 Å². The predicted octanol–water partition coefficient (Wildman–Crippen LogP) is 1.66. The van der Waals surface area contributed by atoms with Crippen molar-refractivity contribution in [2.24, 2.45) is 7.05 Å². The Morgan fingerprint density at radius 1 is 1.50 bits per heavy atom. The molecule has 1 aliphatic rings. The summed E-state index contributed by atoms with van der Waals surface area (Å²) in [4.78, 5) is 15.3. The summed E-state index contributed by atoms with van der Waals surface area (Å²) < 4.78 is 1.60. The number of carbonyl (C=O) groups is 1. The second kappa shape index (κ2) is 4.23. The van der Waals surface area contributed by atoms with Gasteiger partial charge in [-0.3, -0.25) is 9.48 Å². The van der Waals surface area contributed by atoms with E-state index in [4.69, 9.17) is 5.11 Å². The highest BCUT2D eigenvalue weighted by atomic mass is 16.4. The van der Waals surface area contributed by atoms with Gasteiger partial charge in [-0.05, 0) is 19.8 Å². The Kier molecular flexibility index (Phi) is 2.94. The number of hydrogen-bond donors (Lipinski definition) is 1. The monoisotopic (exact) mass is 223 g/mol. The van der Waals surface area contributed by atoms with Crippen LogP contribution in [0.15, 0.2) is 0 Å². The molecule has 2 rings (SSSR count). The van der Waals surface area contributed by atoms with E-state index >= 15 is 0 Å². The fourth-order valence-corrected chi connectivity index (χ4v) is 2.26. The number of carboxylic acids is 1. The van der Waals surface area contributed by atoms with E-state index in [-0.39, 0.29) is 0 Å². The van der Waals surface area contributed by atoms with Crippen LogP contribution in [0.25, 0.3) is 0 Å². The summed E-state index contributed by atoms with van der Waals surface area (Å²) >= 11 is 0. The normalized spacial score (nSPS) is 18.9. The largest absolute Gasteiger partial charge is 0.481 e. The predicted molar refractivity (Wildman–Crippen MR) is 58.3 cm³/mol. The first kappa shape index (κ1) is 11.1. The molecule has 1 aliphatic carbocycles. The number of rotatable bonds is 3. The van der Waals surface area contributed by atoms with Crippen molar-refractivity contribution in [3.8, 4) is 0 Å². The lowest BCUT2D eigenvalue weighted by molar-refractivity contribution is -0.138. The van der Waals surface area contributed by atoms with E-state index in [0.29, 0.717) is 11.7 Å². The van der Waals surface area contributed by atoms with Crippen LogP contribution in [0.1, 0.15) is 56.1 Å². The maximum Gasteiger partial charge on any atom is 0.313 e. The minimum Gasteiger partial charge on any atom is -0.481 e. The first-order valence-electron chi connectivity index (χ1n) is 5.73. The van der Waals surface area contributed by atoms with Gasteiger partial charge in [-0.1, -0.05) is 12.8 Å². The molecule has 1 atom stereocenters. The summed E-state index contributed by atoms with van der Waals surface area (Å²) in [6.07, 6.45) is 4.72. The number of hydrogen-bond acceptors (Lipinski definition) is 3. The molecule has 1 fully saturated rings. The zero-order chi connectivity index (χ0) is 11.7. The van der Waals surface area contributed by atoms with Crippen molar-refractivity contribution < 1.29 is 9.90 Å². The Balaban J connectivity index is 2.24. The van der Waals surface area contributed by atoms with Crippen LogP contribution in [-0.4, -0.2) is 25.8 Å². The molecule has 16 heavy (non-hydrogen) atoms. The first-order chi connectivity index (χ1) is 7.59. The molecule has 1 N–H and O–H groups in total. The van der Waals surface area contributed by atoms with Crippen molar-refractivity contribution >= 4 is 5.97 Å². The molecule has 0 aromatic carbocycles. The van der Waals surface area contributed by atoms with E-state index in [1.54, 1.807) is 18.7 Å². The SMILES string of the molecule is CC(C(=O)O)c1nc(C2CCCC2)nn1C. The average Bonchev–Trinajstić information content (AvgIpc) is 2.84. The Labute approximate surface area is 94.5 Å². The fraction of sp³-hybridized carbons (Fsp3) is 0.727. The van der Waals surface area contributed by atoms with Gasteiger partial charge < -0.3 is 5.11 Å².